The summed E-state index contributed by atoms with van der Waals surface area (Å²) in [6, 6.07) is 7.35. The van der Waals surface area contributed by atoms with E-state index in [4.69, 9.17) is 16.3 Å². The number of halogens is 1. The lowest BCUT2D eigenvalue weighted by molar-refractivity contribution is 0.0740. The highest BCUT2D eigenvalue weighted by molar-refractivity contribution is 6.30. The number of amides is 1. The van der Waals surface area contributed by atoms with Gasteiger partial charge < -0.3 is 19.1 Å². The summed E-state index contributed by atoms with van der Waals surface area (Å²) in [7, 11) is 1.52. The van der Waals surface area contributed by atoms with Crippen LogP contribution in [0.3, 0.4) is 0 Å². The highest BCUT2D eigenvalue weighted by Gasteiger charge is 2.29. The molecule has 154 valence electrons. The number of aryl methyl sites for hydroxylation is 1. The number of benzene rings is 1. The molecule has 4 rings (SSSR count). The Morgan fingerprint density at radius 3 is 2.55 bits per heavy atom. The van der Waals surface area contributed by atoms with Gasteiger partial charge in [0.25, 0.3) is 11.5 Å². The summed E-state index contributed by atoms with van der Waals surface area (Å²) in [5, 5.41) is 0.718. The Balaban J connectivity index is 1.58. The molecule has 0 bridgehead atoms. The normalized spacial score (nSPS) is 16.5. The molecule has 0 radical (unpaired) electrons. The molecule has 0 N–H and O–H groups in total. The molecule has 6 nitrogen and oxygen atoms in total. The molecule has 1 saturated heterocycles. The molecule has 0 saturated carbocycles. The van der Waals surface area contributed by atoms with Crippen molar-refractivity contribution in [2.75, 3.05) is 38.2 Å². The Kier molecular flexibility index (Phi) is 5.54. The molecule has 1 aromatic heterocycles. The third kappa shape index (κ3) is 3.73. The van der Waals surface area contributed by atoms with E-state index in [2.05, 4.69) is 11.8 Å². The Bertz CT molecular complexity index is 994. The SMILES string of the molecule is COc1cc(=O)n2c(c1C(=O)N1CCN(c3cc(Cl)ccc3C)CC1)CCCC2. The van der Waals surface area contributed by atoms with E-state index in [0.717, 1.165) is 48.8 Å². The molecule has 0 spiro atoms. The molecule has 0 unspecified atom stereocenters. The molecule has 1 fully saturated rings. The average molecular weight is 416 g/mol. The minimum atomic E-state index is -0.0886. The lowest BCUT2D eigenvalue weighted by Crippen LogP contribution is -2.49. The van der Waals surface area contributed by atoms with Gasteiger partial charge in [0.05, 0.1) is 7.11 Å². The Morgan fingerprint density at radius 2 is 1.83 bits per heavy atom. The van der Waals surface area contributed by atoms with Crippen molar-refractivity contribution in [1.82, 2.24) is 9.47 Å². The van der Waals surface area contributed by atoms with E-state index in [9.17, 15) is 9.59 Å². The summed E-state index contributed by atoms with van der Waals surface area (Å²) in [6.07, 6.45) is 2.68. The lowest BCUT2D eigenvalue weighted by atomic mass is 10.0. The monoisotopic (exact) mass is 415 g/mol. The molecule has 2 aliphatic rings. The smallest absolute Gasteiger partial charge is 0.259 e. The highest BCUT2D eigenvalue weighted by Crippen LogP contribution is 2.29. The zero-order valence-electron chi connectivity index (χ0n) is 16.9. The van der Waals surface area contributed by atoms with Gasteiger partial charge in [-0.25, -0.2) is 0 Å². The molecule has 2 aliphatic heterocycles. The van der Waals surface area contributed by atoms with Gasteiger partial charge in [0.1, 0.15) is 11.3 Å². The van der Waals surface area contributed by atoms with Gasteiger partial charge in [-0.3, -0.25) is 9.59 Å². The van der Waals surface area contributed by atoms with Crippen molar-refractivity contribution in [3.8, 4) is 5.75 Å². The molecular formula is C22H26ClN3O3. The van der Waals surface area contributed by atoms with Gasteiger partial charge in [-0.2, -0.15) is 0 Å². The first-order chi connectivity index (χ1) is 14.0. The average Bonchev–Trinajstić information content (AvgIpc) is 2.75. The van der Waals surface area contributed by atoms with Crippen molar-refractivity contribution in [2.45, 2.75) is 32.7 Å². The Labute approximate surface area is 175 Å². The van der Waals surface area contributed by atoms with Crippen LogP contribution in [-0.2, 0) is 13.0 Å². The minimum Gasteiger partial charge on any atom is -0.496 e. The largest absolute Gasteiger partial charge is 0.496 e. The van der Waals surface area contributed by atoms with Gasteiger partial charge >= 0.3 is 0 Å². The number of carbonyl (C=O) groups excluding carboxylic acids is 1. The van der Waals surface area contributed by atoms with E-state index in [0.29, 0.717) is 30.9 Å². The van der Waals surface area contributed by atoms with Gasteiger partial charge in [0.2, 0.25) is 0 Å². The van der Waals surface area contributed by atoms with Gasteiger partial charge in [-0.15, -0.1) is 0 Å². The molecule has 1 aromatic carbocycles. The van der Waals surface area contributed by atoms with Gasteiger partial charge in [-0.1, -0.05) is 17.7 Å². The molecular weight excluding hydrogens is 390 g/mol. The van der Waals surface area contributed by atoms with Crippen LogP contribution >= 0.6 is 11.6 Å². The lowest BCUT2D eigenvalue weighted by Gasteiger charge is -2.37. The summed E-state index contributed by atoms with van der Waals surface area (Å²) in [4.78, 5) is 30.0. The number of piperazine rings is 1. The molecule has 3 heterocycles. The maximum atomic E-state index is 13.4. The molecule has 1 amide bonds. The molecule has 7 heteroatoms. The van der Waals surface area contributed by atoms with Crippen LogP contribution in [0.5, 0.6) is 5.75 Å². The van der Waals surface area contributed by atoms with Crippen molar-refractivity contribution in [3.05, 3.63) is 56.5 Å². The van der Waals surface area contributed by atoms with Crippen LogP contribution in [0.15, 0.2) is 29.1 Å². The van der Waals surface area contributed by atoms with E-state index in [-0.39, 0.29) is 11.5 Å². The summed E-state index contributed by atoms with van der Waals surface area (Å²) in [5.41, 5.74) is 3.57. The number of pyridine rings is 1. The van der Waals surface area contributed by atoms with Crippen LogP contribution in [-0.4, -0.2) is 48.7 Å². The Hall–Kier alpha value is -2.47. The van der Waals surface area contributed by atoms with Crippen LogP contribution < -0.4 is 15.2 Å². The first-order valence-electron chi connectivity index (χ1n) is 10.1. The number of rotatable bonds is 3. The van der Waals surface area contributed by atoms with E-state index in [1.165, 1.54) is 18.7 Å². The zero-order valence-corrected chi connectivity index (χ0v) is 17.7. The molecule has 2 aromatic rings. The van der Waals surface area contributed by atoms with Gasteiger partial charge in [0, 0.05) is 55.2 Å². The fourth-order valence-corrected chi connectivity index (χ4v) is 4.53. The second-order valence-corrected chi connectivity index (χ2v) is 8.13. The number of methoxy groups -OCH3 is 1. The number of hydrogen-bond donors (Lipinski definition) is 0. The van der Waals surface area contributed by atoms with Crippen molar-refractivity contribution >= 4 is 23.2 Å². The minimum absolute atomic E-state index is 0.0463. The van der Waals surface area contributed by atoms with Crippen molar-refractivity contribution in [2.24, 2.45) is 0 Å². The molecule has 0 aliphatic carbocycles. The summed E-state index contributed by atoms with van der Waals surface area (Å²) < 4.78 is 7.18. The van der Waals surface area contributed by atoms with Crippen LogP contribution in [0, 0.1) is 6.92 Å². The van der Waals surface area contributed by atoms with Crippen LogP contribution in [0.1, 0.15) is 34.5 Å². The van der Waals surface area contributed by atoms with Crippen LogP contribution in [0.2, 0.25) is 5.02 Å². The van der Waals surface area contributed by atoms with Crippen LogP contribution in [0.4, 0.5) is 5.69 Å². The number of anilines is 1. The summed E-state index contributed by atoms with van der Waals surface area (Å²) in [5.74, 6) is 0.344. The standard InChI is InChI=1S/C22H26ClN3O3/c1-15-6-7-16(23)13-18(15)24-9-11-25(12-10-24)22(28)21-17-5-3-4-8-26(17)20(27)14-19(21)29-2/h6-7,13-14H,3-5,8-12H2,1-2H3. The van der Waals surface area contributed by atoms with Crippen molar-refractivity contribution in [1.29, 1.82) is 0 Å². The number of nitrogens with zero attached hydrogens (tertiary/aromatic N) is 3. The fraction of sp³-hybridized carbons (Fsp3) is 0.455. The maximum absolute atomic E-state index is 13.4. The number of aromatic nitrogens is 1. The topological polar surface area (TPSA) is 54.8 Å². The predicted octanol–water partition coefficient (Wildman–Crippen LogP) is 3.12. The molecule has 29 heavy (non-hydrogen) atoms. The predicted molar refractivity (Wildman–Crippen MR) is 114 cm³/mol. The zero-order chi connectivity index (χ0) is 20.5. The van der Waals surface area contributed by atoms with E-state index in [1.54, 1.807) is 4.57 Å². The number of ether oxygens (including phenoxy) is 1. The summed E-state index contributed by atoms with van der Waals surface area (Å²) in [6.45, 7) is 5.45. The fourth-order valence-electron chi connectivity index (χ4n) is 4.36. The third-order valence-corrected chi connectivity index (χ3v) is 6.17. The van der Waals surface area contributed by atoms with Gasteiger partial charge in [-0.05, 0) is 43.9 Å². The van der Waals surface area contributed by atoms with Crippen LogP contribution in [0.25, 0.3) is 0 Å². The first-order valence-corrected chi connectivity index (χ1v) is 10.5. The Morgan fingerprint density at radius 1 is 1.07 bits per heavy atom. The van der Waals surface area contributed by atoms with Crippen molar-refractivity contribution < 1.29 is 9.53 Å². The second-order valence-electron chi connectivity index (χ2n) is 7.69. The van der Waals surface area contributed by atoms with E-state index in [1.807, 2.05) is 23.1 Å². The number of carbonyl (C=O) groups is 1. The van der Waals surface area contributed by atoms with E-state index < -0.39 is 0 Å². The maximum Gasteiger partial charge on any atom is 0.259 e. The number of hydrogen-bond acceptors (Lipinski definition) is 4. The van der Waals surface area contributed by atoms with Gasteiger partial charge in [0.15, 0.2) is 0 Å². The third-order valence-electron chi connectivity index (χ3n) is 5.94. The molecule has 0 atom stereocenters. The quantitative estimate of drug-likeness (QED) is 0.772. The van der Waals surface area contributed by atoms with E-state index >= 15 is 0 Å². The first kappa shape index (κ1) is 19.8. The number of fused-ring (bicyclic) bond motifs is 1. The van der Waals surface area contributed by atoms with Crippen molar-refractivity contribution in [3.63, 3.8) is 0 Å². The highest BCUT2D eigenvalue weighted by atomic mass is 35.5. The second kappa shape index (κ2) is 8.11. The summed E-state index contributed by atoms with van der Waals surface area (Å²) >= 11 is 6.18.